The molecule has 1 aromatic carbocycles. The first kappa shape index (κ1) is 15.3. The highest BCUT2D eigenvalue weighted by Gasteiger charge is 2.23. The molecule has 0 fully saturated rings. The van der Waals surface area contributed by atoms with Crippen LogP contribution in [0.4, 0.5) is 0 Å². The Kier molecular flexibility index (Phi) is 3.62. The zero-order chi connectivity index (χ0) is 16.8. The van der Waals surface area contributed by atoms with E-state index in [2.05, 4.69) is 21.2 Å². The van der Waals surface area contributed by atoms with Crippen molar-refractivity contribution in [3.63, 3.8) is 0 Å². The van der Waals surface area contributed by atoms with E-state index in [-0.39, 0.29) is 0 Å². The lowest BCUT2D eigenvalue weighted by Crippen LogP contribution is -2.14. The predicted molar refractivity (Wildman–Crippen MR) is 92.4 cm³/mol. The van der Waals surface area contributed by atoms with E-state index >= 15 is 0 Å². The number of fused-ring (bicyclic) bond motifs is 3. The lowest BCUT2D eigenvalue weighted by molar-refractivity contribution is 0.199. The van der Waals surface area contributed by atoms with E-state index in [1.807, 2.05) is 23.6 Å². The molecule has 0 amide bonds. The highest BCUT2D eigenvalue weighted by Crippen LogP contribution is 2.36. The van der Waals surface area contributed by atoms with Crippen molar-refractivity contribution in [2.24, 2.45) is 0 Å². The monoisotopic (exact) mass is 340 g/mol. The molecule has 3 heterocycles. The Hall–Kier alpha value is -2.24. The number of nitrogens with zero attached hydrogens (tertiary/aromatic N) is 4. The van der Waals surface area contributed by atoms with Gasteiger partial charge in [-0.15, -0.1) is 10.2 Å². The third-order valence-electron chi connectivity index (χ3n) is 4.45. The maximum absolute atomic E-state index is 9.77. The molecule has 1 aliphatic heterocycles. The molecule has 0 radical (unpaired) electrons. The third-order valence-corrected chi connectivity index (χ3v) is 4.74. The molecule has 4 rings (SSSR count). The van der Waals surface area contributed by atoms with Crippen LogP contribution in [0.2, 0.25) is 5.02 Å². The van der Waals surface area contributed by atoms with Crippen LogP contribution in [0.1, 0.15) is 35.8 Å². The highest BCUT2D eigenvalue weighted by molar-refractivity contribution is 6.33. The molecule has 24 heavy (non-hydrogen) atoms. The number of aryl methyl sites for hydroxylation is 3. The highest BCUT2D eigenvalue weighted by atomic mass is 35.5. The lowest BCUT2D eigenvalue weighted by atomic mass is 9.96. The number of halogens is 1. The molecule has 1 N–H and O–H groups in total. The summed E-state index contributed by atoms with van der Waals surface area (Å²) in [5, 5.41) is 18.8. The minimum Gasteiger partial charge on any atom is -0.389 e. The van der Waals surface area contributed by atoms with Crippen molar-refractivity contribution in [2.45, 2.75) is 32.8 Å². The summed E-state index contributed by atoms with van der Waals surface area (Å²) in [6.45, 7) is 3.67. The van der Waals surface area contributed by atoms with E-state index < -0.39 is 6.10 Å². The molecular formula is C18H17ClN4O. The SMILES string of the molecule is Cc1nnc2n1-c1c(Cl)cc(-c3cncc([C@H](C)O)c3)cc1CC2. The number of hydrogen-bond donors (Lipinski definition) is 1. The van der Waals surface area contributed by atoms with Crippen LogP contribution in [0.15, 0.2) is 30.6 Å². The van der Waals surface area contributed by atoms with E-state index in [1.165, 1.54) is 5.56 Å². The zero-order valence-corrected chi connectivity index (χ0v) is 14.2. The molecule has 5 nitrogen and oxygen atoms in total. The first-order chi connectivity index (χ1) is 11.5. The van der Waals surface area contributed by atoms with Gasteiger partial charge in [-0.3, -0.25) is 9.55 Å². The molecule has 0 aliphatic carbocycles. The second-order valence-electron chi connectivity index (χ2n) is 6.15. The average molecular weight is 341 g/mol. The van der Waals surface area contributed by atoms with Gasteiger partial charge in [-0.25, -0.2) is 0 Å². The van der Waals surface area contributed by atoms with Gasteiger partial charge in [0.2, 0.25) is 0 Å². The quantitative estimate of drug-likeness (QED) is 0.776. The maximum atomic E-state index is 9.77. The van der Waals surface area contributed by atoms with Crippen LogP contribution in [0.3, 0.4) is 0 Å². The fourth-order valence-electron chi connectivity index (χ4n) is 3.21. The van der Waals surface area contributed by atoms with E-state index in [0.29, 0.717) is 5.02 Å². The van der Waals surface area contributed by atoms with E-state index in [4.69, 9.17) is 11.6 Å². The largest absolute Gasteiger partial charge is 0.389 e. The second-order valence-corrected chi connectivity index (χ2v) is 6.55. The van der Waals surface area contributed by atoms with Gasteiger partial charge in [-0.2, -0.15) is 0 Å². The number of aromatic nitrogens is 4. The van der Waals surface area contributed by atoms with Crippen LogP contribution in [0.25, 0.3) is 16.8 Å². The molecule has 1 atom stereocenters. The molecule has 0 saturated heterocycles. The summed E-state index contributed by atoms with van der Waals surface area (Å²) in [6, 6.07) is 6.04. The van der Waals surface area contributed by atoms with E-state index in [9.17, 15) is 5.11 Å². The Morgan fingerprint density at radius 2 is 1.96 bits per heavy atom. The number of rotatable bonds is 2. The minimum absolute atomic E-state index is 0.548. The Morgan fingerprint density at radius 1 is 1.12 bits per heavy atom. The van der Waals surface area contributed by atoms with Crippen LogP contribution >= 0.6 is 11.6 Å². The molecule has 3 aromatic rings. The molecule has 0 spiro atoms. The van der Waals surface area contributed by atoms with Crippen molar-refractivity contribution in [3.05, 3.63) is 58.4 Å². The van der Waals surface area contributed by atoms with Crippen LogP contribution < -0.4 is 0 Å². The van der Waals surface area contributed by atoms with Gasteiger partial charge in [0.05, 0.1) is 16.8 Å². The molecule has 2 aromatic heterocycles. The molecule has 6 heteroatoms. The van der Waals surface area contributed by atoms with Crippen LogP contribution in [-0.2, 0) is 12.8 Å². The second kappa shape index (κ2) is 5.69. The third kappa shape index (κ3) is 2.41. The first-order valence-electron chi connectivity index (χ1n) is 7.91. The van der Waals surface area contributed by atoms with Gasteiger partial charge in [0, 0.05) is 24.4 Å². The number of benzene rings is 1. The Bertz CT molecular complexity index is 933. The number of aliphatic hydroxyl groups is 1. The van der Waals surface area contributed by atoms with Crippen molar-refractivity contribution < 1.29 is 5.11 Å². The van der Waals surface area contributed by atoms with Gasteiger partial charge in [0.1, 0.15) is 11.6 Å². The predicted octanol–water partition coefficient (Wildman–Crippen LogP) is 3.44. The van der Waals surface area contributed by atoms with Gasteiger partial charge in [0.15, 0.2) is 0 Å². The summed E-state index contributed by atoms with van der Waals surface area (Å²) in [6.07, 6.45) is 4.65. The van der Waals surface area contributed by atoms with Crippen LogP contribution in [0.5, 0.6) is 0 Å². The van der Waals surface area contributed by atoms with Gasteiger partial charge < -0.3 is 5.11 Å². The lowest BCUT2D eigenvalue weighted by Gasteiger charge is -2.21. The number of pyridine rings is 1. The van der Waals surface area contributed by atoms with Gasteiger partial charge in [-0.1, -0.05) is 11.6 Å². The molecule has 1 aliphatic rings. The van der Waals surface area contributed by atoms with Gasteiger partial charge in [-0.05, 0) is 55.2 Å². The van der Waals surface area contributed by atoms with Gasteiger partial charge in [0.25, 0.3) is 0 Å². The van der Waals surface area contributed by atoms with Crippen molar-refractivity contribution in [3.8, 4) is 16.8 Å². The molecule has 0 unspecified atom stereocenters. The Balaban J connectivity index is 1.86. The standard InChI is InChI=1S/C18H17ClN4O/c1-10(24)14-6-15(9-20-8-14)13-5-12-3-4-17-22-21-11(2)23(17)18(12)16(19)7-13/h5-10,24H,3-4H2,1-2H3/t10-/m0/s1. The van der Waals surface area contributed by atoms with Crippen molar-refractivity contribution in [2.75, 3.05) is 0 Å². The summed E-state index contributed by atoms with van der Waals surface area (Å²) in [5.41, 5.74) is 4.89. The van der Waals surface area contributed by atoms with Crippen molar-refractivity contribution in [1.29, 1.82) is 0 Å². The minimum atomic E-state index is -0.548. The summed E-state index contributed by atoms with van der Waals surface area (Å²) < 4.78 is 2.04. The van der Waals surface area contributed by atoms with E-state index in [1.54, 1.807) is 19.3 Å². The maximum Gasteiger partial charge on any atom is 0.137 e. The average Bonchev–Trinajstić information content (AvgIpc) is 2.96. The normalized spacial score (nSPS) is 14.2. The first-order valence-corrected chi connectivity index (χ1v) is 8.29. The Labute approximate surface area is 145 Å². The smallest absolute Gasteiger partial charge is 0.137 e. The van der Waals surface area contributed by atoms with Crippen molar-refractivity contribution >= 4 is 11.6 Å². The summed E-state index contributed by atoms with van der Waals surface area (Å²) in [4.78, 5) is 4.24. The topological polar surface area (TPSA) is 63.8 Å². The summed E-state index contributed by atoms with van der Waals surface area (Å²) in [7, 11) is 0. The zero-order valence-electron chi connectivity index (χ0n) is 13.5. The number of hydrogen-bond acceptors (Lipinski definition) is 4. The summed E-state index contributed by atoms with van der Waals surface area (Å²) in [5.74, 6) is 1.80. The van der Waals surface area contributed by atoms with E-state index in [0.717, 1.165) is 46.9 Å². The summed E-state index contributed by atoms with van der Waals surface area (Å²) >= 11 is 6.61. The van der Waals surface area contributed by atoms with Crippen LogP contribution in [0, 0.1) is 6.92 Å². The number of aliphatic hydroxyl groups excluding tert-OH is 1. The fourth-order valence-corrected chi connectivity index (χ4v) is 3.54. The van der Waals surface area contributed by atoms with Crippen LogP contribution in [-0.4, -0.2) is 24.9 Å². The van der Waals surface area contributed by atoms with Crippen molar-refractivity contribution in [1.82, 2.24) is 19.7 Å². The fraction of sp³-hybridized carbons (Fsp3) is 0.278. The molecule has 122 valence electrons. The molecular weight excluding hydrogens is 324 g/mol. The van der Waals surface area contributed by atoms with Gasteiger partial charge >= 0.3 is 0 Å². The molecule has 0 bridgehead atoms. The Morgan fingerprint density at radius 3 is 2.75 bits per heavy atom. The molecule has 0 saturated carbocycles.